The average molecular weight is 236 g/mol. The number of allylic oxidation sites excluding steroid dienone is 1. The van der Waals surface area contributed by atoms with Gasteiger partial charge in [-0.15, -0.1) is 0 Å². The fourth-order valence-corrected chi connectivity index (χ4v) is 1.55. The molecule has 1 N–H and O–H groups in total. The third kappa shape index (κ3) is 1.15. The Labute approximate surface area is 86.8 Å². The minimum atomic E-state index is -4.79. The third-order valence-electron chi connectivity index (χ3n) is 2.37. The second-order valence-corrected chi connectivity index (χ2v) is 3.38. The molecular formula is C10H5F5O. The van der Waals surface area contributed by atoms with Crippen LogP contribution in [-0.4, -0.2) is 11.0 Å². The Balaban J connectivity index is 2.80. The fourth-order valence-electron chi connectivity index (χ4n) is 1.55. The highest BCUT2D eigenvalue weighted by molar-refractivity contribution is 5.62. The van der Waals surface area contributed by atoms with Gasteiger partial charge >= 0.3 is 11.8 Å². The first kappa shape index (κ1) is 10.9. The van der Waals surface area contributed by atoms with E-state index in [4.69, 9.17) is 5.11 Å². The van der Waals surface area contributed by atoms with E-state index in [2.05, 4.69) is 0 Å². The van der Waals surface area contributed by atoms with E-state index in [1.165, 1.54) is 0 Å². The summed E-state index contributed by atoms with van der Waals surface area (Å²) in [6.45, 7) is 0. The summed E-state index contributed by atoms with van der Waals surface area (Å²) in [5.41, 5.74) is -1.84. The third-order valence-corrected chi connectivity index (χ3v) is 2.37. The predicted octanol–water partition coefficient (Wildman–Crippen LogP) is 3.47. The Hall–Kier alpha value is -1.59. The van der Waals surface area contributed by atoms with Gasteiger partial charge in [-0.25, -0.2) is 4.39 Å². The van der Waals surface area contributed by atoms with E-state index in [9.17, 15) is 22.0 Å². The van der Waals surface area contributed by atoms with Gasteiger partial charge in [0.2, 0.25) is 0 Å². The number of alkyl halides is 4. The number of rotatable bonds is 0. The molecule has 16 heavy (non-hydrogen) atoms. The Bertz CT molecular complexity index is 478. The molecule has 0 bridgehead atoms. The lowest BCUT2D eigenvalue weighted by Gasteiger charge is -2.31. The monoisotopic (exact) mass is 236 g/mol. The van der Waals surface area contributed by atoms with Crippen molar-refractivity contribution in [1.82, 2.24) is 0 Å². The Morgan fingerprint density at radius 2 is 1.62 bits per heavy atom. The summed E-state index contributed by atoms with van der Waals surface area (Å²) in [6.07, 6.45) is 0.440. The number of hydrogen-bond acceptors (Lipinski definition) is 1. The van der Waals surface area contributed by atoms with Crippen molar-refractivity contribution in [2.45, 2.75) is 11.8 Å². The lowest BCUT2D eigenvalue weighted by atomic mass is 9.89. The second-order valence-electron chi connectivity index (χ2n) is 3.38. The molecule has 0 aromatic heterocycles. The smallest absolute Gasteiger partial charge is 0.370 e. The van der Waals surface area contributed by atoms with E-state index < -0.39 is 34.5 Å². The standard InChI is InChI=1S/C10H5F5O/c11-6-3-1-2-5-4-7(16)9(12,13)10(14,15)8(5)6/h1-4,16H. The van der Waals surface area contributed by atoms with Gasteiger partial charge in [-0.1, -0.05) is 12.1 Å². The number of hydrogen-bond donors (Lipinski definition) is 1. The van der Waals surface area contributed by atoms with Gasteiger partial charge in [0.25, 0.3) is 0 Å². The van der Waals surface area contributed by atoms with Gasteiger partial charge in [-0.2, -0.15) is 17.6 Å². The first-order valence-electron chi connectivity index (χ1n) is 4.24. The summed E-state index contributed by atoms with van der Waals surface area (Å²) in [5.74, 6) is -12.7. The SMILES string of the molecule is OC1=Cc2cccc(F)c2C(F)(F)C1(F)F. The molecule has 0 unspecified atom stereocenters. The molecule has 1 nitrogen and oxygen atoms in total. The lowest BCUT2D eigenvalue weighted by Crippen LogP contribution is -2.43. The van der Waals surface area contributed by atoms with Crippen molar-refractivity contribution in [3.05, 3.63) is 40.9 Å². The van der Waals surface area contributed by atoms with E-state index in [0.717, 1.165) is 12.1 Å². The van der Waals surface area contributed by atoms with Gasteiger partial charge in [-0.3, -0.25) is 0 Å². The van der Waals surface area contributed by atoms with E-state index in [0.29, 0.717) is 12.1 Å². The van der Waals surface area contributed by atoms with Crippen LogP contribution in [0.3, 0.4) is 0 Å². The van der Waals surface area contributed by atoms with Crippen LogP contribution in [0.2, 0.25) is 0 Å². The molecule has 1 aliphatic rings. The van der Waals surface area contributed by atoms with Gasteiger partial charge in [0.1, 0.15) is 5.82 Å². The Morgan fingerprint density at radius 3 is 2.25 bits per heavy atom. The zero-order chi connectivity index (χ0) is 12.1. The maximum atomic E-state index is 13.3. The minimum Gasteiger partial charge on any atom is -0.506 e. The van der Waals surface area contributed by atoms with Gasteiger partial charge in [0.15, 0.2) is 5.76 Å². The van der Waals surface area contributed by atoms with Gasteiger partial charge < -0.3 is 5.11 Å². The van der Waals surface area contributed by atoms with Crippen molar-refractivity contribution in [2.75, 3.05) is 0 Å². The maximum Gasteiger partial charge on any atom is 0.370 e. The van der Waals surface area contributed by atoms with Crippen molar-refractivity contribution >= 4 is 6.08 Å². The van der Waals surface area contributed by atoms with Crippen molar-refractivity contribution < 1.29 is 27.1 Å². The maximum absolute atomic E-state index is 13.3. The number of halogens is 5. The van der Waals surface area contributed by atoms with E-state index >= 15 is 0 Å². The van der Waals surface area contributed by atoms with Gasteiger partial charge in [-0.05, 0) is 17.7 Å². The fraction of sp³-hybridized carbons (Fsp3) is 0.200. The number of benzene rings is 1. The first-order chi connectivity index (χ1) is 7.28. The zero-order valence-electron chi connectivity index (χ0n) is 7.65. The van der Waals surface area contributed by atoms with Crippen molar-refractivity contribution in [2.24, 2.45) is 0 Å². The Morgan fingerprint density at radius 1 is 1.00 bits per heavy atom. The van der Waals surface area contributed by atoms with Crippen molar-refractivity contribution in [1.29, 1.82) is 0 Å². The molecule has 0 amide bonds. The number of fused-ring (bicyclic) bond motifs is 1. The molecule has 1 aromatic rings. The predicted molar refractivity (Wildman–Crippen MR) is 45.8 cm³/mol. The molecular weight excluding hydrogens is 231 g/mol. The summed E-state index contributed by atoms with van der Waals surface area (Å²) in [4.78, 5) is 0. The van der Waals surface area contributed by atoms with Crippen LogP contribution in [0.1, 0.15) is 11.1 Å². The van der Waals surface area contributed by atoms with Crippen LogP contribution in [0.5, 0.6) is 0 Å². The summed E-state index contributed by atoms with van der Waals surface area (Å²) >= 11 is 0. The van der Waals surface area contributed by atoms with Crippen LogP contribution in [0.15, 0.2) is 24.0 Å². The summed E-state index contributed by atoms with van der Waals surface area (Å²) in [5, 5.41) is 8.82. The van der Waals surface area contributed by atoms with E-state index in [1.54, 1.807) is 0 Å². The van der Waals surface area contributed by atoms with Crippen molar-refractivity contribution in [3.8, 4) is 0 Å². The molecule has 86 valence electrons. The molecule has 1 aromatic carbocycles. The van der Waals surface area contributed by atoms with Crippen LogP contribution in [0, 0.1) is 5.82 Å². The largest absolute Gasteiger partial charge is 0.506 e. The lowest BCUT2D eigenvalue weighted by molar-refractivity contribution is -0.210. The van der Waals surface area contributed by atoms with Crippen LogP contribution in [0.25, 0.3) is 6.08 Å². The summed E-state index contributed by atoms with van der Waals surface area (Å²) < 4.78 is 65.7. The zero-order valence-corrected chi connectivity index (χ0v) is 7.65. The summed E-state index contributed by atoms with van der Waals surface area (Å²) in [6, 6.07) is 2.79. The molecule has 0 spiro atoms. The first-order valence-corrected chi connectivity index (χ1v) is 4.24. The number of aliphatic hydroxyl groups excluding tert-OH is 1. The topological polar surface area (TPSA) is 20.2 Å². The normalized spacial score (nSPS) is 21.2. The van der Waals surface area contributed by atoms with Gasteiger partial charge in [0, 0.05) is 0 Å². The Kier molecular flexibility index (Phi) is 2.02. The number of aliphatic hydroxyl groups is 1. The van der Waals surface area contributed by atoms with Crippen LogP contribution in [0.4, 0.5) is 22.0 Å². The van der Waals surface area contributed by atoms with Crippen LogP contribution >= 0.6 is 0 Å². The summed E-state index contributed by atoms with van der Waals surface area (Å²) in [7, 11) is 0. The minimum absolute atomic E-state index is 0.440. The second kappa shape index (κ2) is 2.96. The molecule has 0 saturated heterocycles. The van der Waals surface area contributed by atoms with Crippen LogP contribution < -0.4 is 0 Å². The molecule has 6 heteroatoms. The molecule has 0 heterocycles. The average Bonchev–Trinajstić information content (AvgIpc) is 2.15. The highest BCUT2D eigenvalue weighted by Crippen LogP contribution is 2.51. The quantitative estimate of drug-likeness (QED) is 0.684. The molecule has 0 aliphatic heterocycles. The molecule has 2 rings (SSSR count). The van der Waals surface area contributed by atoms with E-state index in [1.807, 2.05) is 0 Å². The van der Waals surface area contributed by atoms with Gasteiger partial charge in [0.05, 0.1) is 5.56 Å². The molecule has 0 radical (unpaired) electrons. The molecule has 0 fully saturated rings. The van der Waals surface area contributed by atoms with E-state index in [-0.39, 0.29) is 0 Å². The van der Waals surface area contributed by atoms with Crippen molar-refractivity contribution in [3.63, 3.8) is 0 Å². The molecule has 1 aliphatic carbocycles. The molecule has 0 saturated carbocycles. The van der Waals surface area contributed by atoms with Crippen LogP contribution in [-0.2, 0) is 5.92 Å². The molecule has 0 atom stereocenters. The highest BCUT2D eigenvalue weighted by atomic mass is 19.3. The highest BCUT2D eigenvalue weighted by Gasteiger charge is 2.64.